The average Bonchev–Trinajstić information content (AvgIpc) is 2.29. The molecule has 0 amide bonds. The summed E-state index contributed by atoms with van der Waals surface area (Å²) in [6.45, 7) is 13.3. The summed E-state index contributed by atoms with van der Waals surface area (Å²) in [6.07, 6.45) is 0. The SMILES string of the molecule is CC(C)(C)/N=C1/[CH2][Y]=[CH]N1C(C)(C)C. The fraction of sp³-hybridized carbons (Fsp3) is 0.818. The monoisotopic (exact) mass is 270 g/mol. The van der Waals surface area contributed by atoms with Crippen LogP contribution in [0, 0.1) is 0 Å². The van der Waals surface area contributed by atoms with Crippen molar-refractivity contribution in [2.45, 2.75) is 55.9 Å². The zero-order valence-electron chi connectivity index (χ0n) is 10.3. The molecule has 0 bridgehead atoms. The van der Waals surface area contributed by atoms with E-state index in [4.69, 9.17) is 4.99 Å². The number of rotatable bonds is 0. The van der Waals surface area contributed by atoms with E-state index in [1.54, 1.807) is 0 Å². The van der Waals surface area contributed by atoms with Crippen molar-refractivity contribution >= 4 is 8.76 Å². The van der Waals surface area contributed by atoms with Crippen molar-refractivity contribution in [1.82, 2.24) is 4.90 Å². The fourth-order valence-electron chi connectivity index (χ4n) is 1.55. The first-order valence-electron chi connectivity index (χ1n) is 5.25. The zero-order chi connectivity index (χ0) is 11.0. The van der Waals surface area contributed by atoms with Crippen molar-refractivity contribution in [1.29, 1.82) is 0 Å². The minimum absolute atomic E-state index is 0.0691. The summed E-state index contributed by atoms with van der Waals surface area (Å²) in [4.78, 5) is 7.22. The van der Waals surface area contributed by atoms with Gasteiger partial charge in [-0.15, -0.1) is 0 Å². The molecule has 0 spiro atoms. The summed E-state index contributed by atoms with van der Waals surface area (Å²) in [7, 11) is 0. The van der Waals surface area contributed by atoms with Gasteiger partial charge < -0.3 is 0 Å². The van der Waals surface area contributed by atoms with E-state index in [1.807, 2.05) is 0 Å². The van der Waals surface area contributed by atoms with Crippen molar-refractivity contribution in [3.8, 4) is 0 Å². The number of nitrogens with zero attached hydrogens (tertiary/aromatic N) is 2. The Bertz CT molecular complexity index is 266. The van der Waals surface area contributed by atoms with Crippen molar-refractivity contribution < 1.29 is 28.7 Å². The van der Waals surface area contributed by atoms with Gasteiger partial charge in [-0.2, -0.15) is 0 Å². The van der Waals surface area contributed by atoms with E-state index in [9.17, 15) is 0 Å². The summed E-state index contributed by atoms with van der Waals surface area (Å²) in [5, 5.41) is 0. The van der Waals surface area contributed by atoms with E-state index in [2.05, 4.69) is 49.4 Å². The van der Waals surface area contributed by atoms with Crippen molar-refractivity contribution in [3.05, 3.63) is 0 Å². The summed E-state index contributed by atoms with van der Waals surface area (Å²) in [5.74, 6) is 1.33. The van der Waals surface area contributed by atoms with Crippen LogP contribution < -0.4 is 0 Å². The van der Waals surface area contributed by atoms with E-state index >= 15 is 0 Å². The van der Waals surface area contributed by atoms with Crippen LogP contribution in [0.2, 0.25) is 3.23 Å². The number of aliphatic imine (C=N–C) groups is 1. The minimum atomic E-state index is -0.458. The van der Waals surface area contributed by atoms with Gasteiger partial charge in [0.25, 0.3) is 0 Å². The van der Waals surface area contributed by atoms with Gasteiger partial charge >= 0.3 is 103 Å². The molecule has 14 heavy (non-hydrogen) atoms. The molecule has 0 atom stereocenters. The Balaban J connectivity index is 2.88. The van der Waals surface area contributed by atoms with Crippen LogP contribution in [0.25, 0.3) is 0 Å². The van der Waals surface area contributed by atoms with E-state index in [-0.39, 0.29) is 11.1 Å². The van der Waals surface area contributed by atoms with E-state index in [0.717, 1.165) is 0 Å². The van der Waals surface area contributed by atoms with Gasteiger partial charge in [-0.1, -0.05) is 0 Å². The molecule has 78 valence electrons. The quantitative estimate of drug-likeness (QED) is 0.660. The average molecular weight is 270 g/mol. The molecule has 0 radical (unpaired) electrons. The summed E-state index contributed by atoms with van der Waals surface area (Å²) in [6, 6.07) is 0. The molecule has 3 heteroatoms. The first-order valence-corrected chi connectivity index (χ1v) is 8.89. The normalized spacial score (nSPS) is 20.4. The van der Waals surface area contributed by atoms with E-state index < -0.39 is 28.7 Å². The summed E-state index contributed by atoms with van der Waals surface area (Å²) >= 11 is -0.458. The van der Waals surface area contributed by atoms with Gasteiger partial charge in [0.2, 0.25) is 0 Å². The van der Waals surface area contributed by atoms with Crippen LogP contribution in [-0.2, 0) is 28.7 Å². The predicted molar refractivity (Wildman–Crippen MR) is 59.7 cm³/mol. The number of hydrogen-bond donors (Lipinski definition) is 0. The second-order valence-corrected chi connectivity index (χ2v) is 8.72. The van der Waals surface area contributed by atoms with Gasteiger partial charge in [-0.05, 0) is 0 Å². The third-order valence-electron chi connectivity index (χ3n) is 2.02. The van der Waals surface area contributed by atoms with Crippen LogP contribution in [-0.4, -0.2) is 24.7 Å². The molecule has 0 saturated heterocycles. The Labute approximate surface area is 103 Å². The molecule has 0 aromatic heterocycles. The van der Waals surface area contributed by atoms with E-state index in [0.29, 0.717) is 0 Å². The van der Waals surface area contributed by atoms with Gasteiger partial charge in [0.15, 0.2) is 0 Å². The molecule has 0 fully saturated rings. The Kier molecular flexibility index (Phi) is 3.69. The summed E-state index contributed by atoms with van der Waals surface area (Å²) in [5.41, 5.74) is 0.284. The Morgan fingerprint density at radius 1 is 1.21 bits per heavy atom. The molecular weight excluding hydrogens is 249 g/mol. The van der Waals surface area contributed by atoms with Crippen molar-refractivity contribution in [3.63, 3.8) is 0 Å². The molecule has 0 aliphatic carbocycles. The van der Waals surface area contributed by atoms with Crippen LogP contribution in [0.15, 0.2) is 4.99 Å². The molecule has 2 nitrogen and oxygen atoms in total. The Hall–Kier alpha value is 0.444. The van der Waals surface area contributed by atoms with E-state index in [1.165, 1.54) is 9.07 Å². The molecule has 0 aromatic rings. The Morgan fingerprint density at radius 2 is 1.79 bits per heavy atom. The first-order chi connectivity index (χ1) is 6.20. The topological polar surface area (TPSA) is 15.6 Å². The molecule has 1 rings (SSSR count). The molecule has 0 aromatic carbocycles. The number of amidine groups is 1. The van der Waals surface area contributed by atoms with Gasteiger partial charge in [-0.25, -0.2) is 0 Å². The molecule has 0 unspecified atom stereocenters. The van der Waals surface area contributed by atoms with Crippen LogP contribution in [0.4, 0.5) is 0 Å². The van der Waals surface area contributed by atoms with Crippen LogP contribution in [0.3, 0.4) is 0 Å². The van der Waals surface area contributed by atoms with Crippen LogP contribution >= 0.6 is 0 Å². The van der Waals surface area contributed by atoms with Gasteiger partial charge in [0.1, 0.15) is 0 Å². The summed E-state index contributed by atoms with van der Waals surface area (Å²) < 4.78 is 3.74. The van der Waals surface area contributed by atoms with Gasteiger partial charge in [0, 0.05) is 0 Å². The molecule has 0 saturated carbocycles. The van der Waals surface area contributed by atoms with Gasteiger partial charge in [0.05, 0.1) is 0 Å². The van der Waals surface area contributed by atoms with Crippen LogP contribution in [0.5, 0.6) is 0 Å². The van der Waals surface area contributed by atoms with Crippen molar-refractivity contribution in [2.24, 2.45) is 4.99 Å². The molecule has 0 N–H and O–H groups in total. The maximum atomic E-state index is 4.82. The third kappa shape index (κ3) is 3.54. The fourth-order valence-corrected chi connectivity index (χ4v) is 5.07. The first kappa shape index (κ1) is 12.5. The zero-order valence-corrected chi connectivity index (χ0v) is 13.1. The second-order valence-electron chi connectivity index (χ2n) is 5.83. The third-order valence-corrected chi connectivity index (χ3v) is 4.75. The standard InChI is InChI=1S/C11H21N2.Y/c1-9(12-10(2,3)4)13(8)11(5,6)7;/h8H,1H2,2-7H3;/b12-9-;. The predicted octanol–water partition coefficient (Wildman–Crippen LogP) is 2.56. The molecular formula is C11H21N2Y. The van der Waals surface area contributed by atoms with Gasteiger partial charge in [-0.3, -0.25) is 0 Å². The van der Waals surface area contributed by atoms with Crippen molar-refractivity contribution in [2.75, 3.05) is 0 Å². The Morgan fingerprint density at radius 3 is 2.21 bits per heavy atom. The number of hydrogen-bond acceptors (Lipinski definition) is 1. The molecule has 1 aliphatic rings. The molecule has 1 aliphatic heterocycles. The maximum absolute atomic E-state index is 4.82. The second kappa shape index (κ2) is 4.13. The molecule has 1 heterocycles. The van der Waals surface area contributed by atoms with Crippen LogP contribution in [0.1, 0.15) is 41.5 Å².